The molecule has 0 amide bonds. The number of nitro groups is 1. The molecule has 0 N–H and O–H groups in total. The molecule has 20 heavy (non-hydrogen) atoms. The van der Waals surface area contributed by atoms with Gasteiger partial charge in [0.15, 0.2) is 0 Å². The summed E-state index contributed by atoms with van der Waals surface area (Å²) in [6.45, 7) is 1.94. The van der Waals surface area contributed by atoms with Crippen LogP contribution in [0.4, 0.5) is 11.4 Å². The number of hydrogen-bond acceptors (Lipinski definition) is 5. The molecule has 6 heteroatoms. The Morgan fingerprint density at radius 3 is 2.95 bits per heavy atom. The van der Waals surface area contributed by atoms with Crippen LogP contribution >= 0.6 is 0 Å². The molecule has 3 rings (SSSR count). The lowest BCUT2D eigenvalue weighted by Gasteiger charge is -2.21. The summed E-state index contributed by atoms with van der Waals surface area (Å²) in [6.07, 6.45) is 2.37. The molecule has 0 unspecified atom stereocenters. The maximum absolute atomic E-state index is 10.9. The minimum atomic E-state index is -0.405. The van der Waals surface area contributed by atoms with Crippen LogP contribution in [0.1, 0.15) is 25.1 Å². The van der Waals surface area contributed by atoms with E-state index in [0.29, 0.717) is 5.69 Å². The zero-order valence-corrected chi connectivity index (χ0v) is 10.9. The Balaban J connectivity index is 1.98. The predicted molar refractivity (Wildman–Crippen MR) is 74.8 cm³/mol. The highest BCUT2D eigenvalue weighted by Crippen LogP contribution is 2.36. The highest BCUT2D eigenvalue weighted by Gasteiger charge is 2.30. The van der Waals surface area contributed by atoms with Crippen LogP contribution in [0.15, 0.2) is 52.2 Å². The number of hydrazone groups is 1. The Morgan fingerprint density at radius 2 is 2.25 bits per heavy atom. The molecule has 0 saturated carbocycles. The van der Waals surface area contributed by atoms with Crippen LogP contribution < -0.4 is 5.01 Å². The third-order valence-corrected chi connectivity index (χ3v) is 3.24. The van der Waals surface area contributed by atoms with Crippen molar-refractivity contribution in [2.75, 3.05) is 5.01 Å². The third-order valence-electron chi connectivity index (χ3n) is 3.24. The maximum Gasteiger partial charge on any atom is 0.271 e. The van der Waals surface area contributed by atoms with Gasteiger partial charge in [0, 0.05) is 24.3 Å². The van der Waals surface area contributed by atoms with Crippen molar-refractivity contribution in [3.05, 3.63) is 58.5 Å². The molecule has 1 atom stereocenters. The Morgan fingerprint density at radius 1 is 1.40 bits per heavy atom. The third kappa shape index (κ3) is 2.16. The van der Waals surface area contributed by atoms with Gasteiger partial charge in [0.1, 0.15) is 11.8 Å². The van der Waals surface area contributed by atoms with Crippen LogP contribution in [0.5, 0.6) is 0 Å². The van der Waals surface area contributed by atoms with Gasteiger partial charge in [-0.2, -0.15) is 5.10 Å². The van der Waals surface area contributed by atoms with Crippen LogP contribution in [-0.2, 0) is 0 Å². The van der Waals surface area contributed by atoms with Crippen molar-refractivity contribution in [2.24, 2.45) is 5.10 Å². The minimum Gasteiger partial charge on any atom is -0.467 e. The standard InChI is InChI=1S/C14H13N3O3/c1-10-8-13(14-6-3-7-20-14)16(15-10)11-4-2-5-12(9-11)17(18)19/h2-7,9,13H,8H2,1H3/t13-/m1/s1. The number of hydrogen-bond donors (Lipinski definition) is 0. The molecule has 6 nitrogen and oxygen atoms in total. The fourth-order valence-corrected chi connectivity index (χ4v) is 2.35. The SMILES string of the molecule is CC1=NN(c2cccc([N+](=O)[O-])c2)[C@@H](c2ccco2)C1. The molecule has 0 bridgehead atoms. The minimum absolute atomic E-state index is 0.0491. The zero-order chi connectivity index (χ0) is 14.1. The van der Waals surface area contributed by atoms with E-state index in [-0.39, 0.29) is 11.7 Å². The second-order valence-corrected chi connectivity index (χ2v) is 4.69. The van der Waals surface area contributed by atoms with Gasteiger partial charge in [-0.05, 0) is 25.1 Å². The first-order chi connectivity index (χ1) is 9.65. The molecular formula is C14H13N3O3. The number of nitro benzene ring substituents is 1. The first kappa shape index (κ1) is 12.4. The van der Waals surface area contributed by atoms with Crippen molar-refractivity contribution >= 4 is 17.1 Å². The molecule has 0 radical (unpaired) electrons. The molecule has 1 aliphatic rings. The Hall–Kier alpha value is -2.63. The van der Waals surface area contributed by atoms with E-state index in [1.807, 2.05) is 25.1 Å². The molecule has 0 spiro atoms. The van der Waals surface area contributed by atoms with Crippen molar-refractivity contribution in [1.29, 1.82) is 0 Å². The lowest BCUT2D eigenvalue weighted by atomic mass is 10.1. The number of rotatable bonds is 3. The molecule has 102 valence electrons. The first-order valence-electron chi connectivity index (χ1n) is 6.26. The van der Waals surface area contributed by atoms with Crippen LogP contribution in [0.25, 0.3) is 0 Å². The fourth-order valence-electron chi connectivity index (χ4n) is 2.35. The smallest absolute Gasteiger partial charge is 0.271 e. The van der Waals surface area contributed by atoms with Gasteiger partial charge in [0.2, 0.25) is 0 Å². The quantitative estimate of drug-likeness (QED) is 0.632. The van der Waals surface area contributed by atoms with Crippen LogP contribution in [0, 0.1) is 10.1 Å². The normalized spacial score (nSPS) is 18.1. The Labute approximate surface area is 115 Å². The lowest BCUT2D eigenvalue weighted by molar-refractivity contribution is -0.384. The number of furan rings is 1. The largest absolute Gasteiger partial charge is 0.467 e. The van der Waals surface area contributed by atoms with E-state index >= 15 is 0 Å². The molecule has 1 aliphatic heterocycles. The van der Waals surface area contributed by atoms with Crippen LogP contribution in [0.2, 0.25) is 0 Å². The molecule has 2 aromatic rings. The van der Waals surface area contributed by atoms with E-state index < -0.39 is 4.92 Å². The highest BCUT2D eigenvalue weighted by molar-refractivity contribution is 5.86. The lowest BCUT2D eigenvalue weighted by Crippen LogP contribution is -2.18. The molecule has 2 heterocycles. The summed E-state index contributed by atoms with van der Waals surface area (Å²) in [5.74, 6) is 0.803. The van der Waals surface area contributed by atoms with Crippen LogP contribution in [0.3, 0.4) is 0 Å². The molecule has 0 aliphatic carbocycles. The zero-order valence-electron chi connectivity index (χ0n) is 10.9. The molecule has 0 saturated heterocycles. The van der Waals surface area contributed by atoms with Gasteiger partial charge >= 0.3 is 0 Å². The fraction of sp³-hybridized carbons (Fsp3) is 0.214. The maximum atomic E-state index is 10.9. The van der Waals surface area contributed by atoms with E-state index in [9.17, 15) is 10.1 Å². The summed E-state index contributed by atoms with van der Waals surface area (Å²) in [4.78, 5) is 10.5. The average molecular weight is 271 g/mol. The average Bonchev–Trinajstić information content (AvgIpc) is 3.07. The molecule has 1 aromatic carbocycles. The van der Waals surface area contributed by atoms with Crippen molar-refractivity contribution in [2.45, 2.75) is 19.4 Å². The van der Waals surface area contributed by atoms with Gasteiger partial charge in [0.05, 0.1) is 16.9 Å². The van der Waals surface area contributed by atoms with Crippen molar-refractivity contribution in [3.8, 4) is 0 Å². The van der Waals surface area contributed by atoms with Crippen molar-refractivity contribution < 1.29 is 9.34 Å². The number of non-ortho nitro benzene ring substituents is 1. The first-order valence-corrected chi connectivity index (χ1v) is 6.26. The van der Waals surface area contributed by atoms with Crippen molar-refractivity contribution in [1.82, 2.24) is 0 Å². The molecule has 1 aromatic heterocycles. The monoisotopic (exact) mass is 271 g/mol. The van der Waals surface area contributed by atoms with E-state index in [2.05, 4.69) is 5.10 Å². The Bertz CT molecular complexity index is 664. The molecular weight excluding hydrogens is 258 g/mol. The number of nitrogens with zero attached hydrogens (tertiary/aromatic N) is 3. The summed E-state index contributed by atoms with van der Waals surface area (Å²) < 4.78 is 5.45. The predicted octanol–water partition coefficient (Wildman–Crippen LogP) is 3.52. The van der Waals surface area contributed by atoms with E-state index in [1.165, 1.54) is 12.1 Å². The van der Waals surface area contributed by atoms with E-state index in [4.69, 9.17) is 4.42 Å². The van der Waals surface area contributed by atoms with Gasteiger partial charge in [-0.25, -0.2) is 0 Å². The van der Waals surface area contributed by atoms with Crippen molar-refractivity contribution in [3.63, 3.8) is 0 Å². The number of anilines is 1. The topological polar surface area (TPSA) is 71.9 Å². The van der Waals surface area contributed by atoms with Crippen LogP contribution in [-0.4, -0.2) is 10.6 Å². The van der Waals surface area contributed by atoms with Gasteiger partial charge < -0.3 is 4.42 Å². The summed E-state index contributed by atoms with van der Waals surface area (Å²) in [5.41, 5.74) is 1.72. The Kier molecular flexibility index (Phi) is 2.98. The van der Waals surface area contributed by atoms with Gasteiger partial charge in [-0.1, -0.05) is 6.07 Å². The number of benzene rings is 1. The summed E-state index contributed by atoms with van der Waals surface area (Å²) in [5, 5.41) is 17.1. The second kappa shape index (κ2) is 4.80. The van der Waals surface area contributed by atoms with E-state index in [0.717, 1.165) is 17.9 Å². The van der Waals surface area contributed by atoms with Gasteiger partial charge in [0.25, 0.3) is 5.69 Å². The summed E-state index contributed by atoms with van der Waals surface area (Å²) >= 11 is 0. The van der Waals surface area contributed by atoms with E-state index in [1.54, 1.807) is 17.3 Å². The van der Waals surface area contributed by atoms with Gasteiger partial charge in [-0.3, -0.25) is 15.1 Å². The summed E-state index contributed by atoms with van der Waals surface area (Å²) in [6, 6.07) is 10.1. The molecule has 0 fully saturated rings. The second-order valence-electron chi connectivity index (χ2n) is 4.69. The highest BCUT2D eigenvalue weighted by atomic mass is 16.6. The summed E-state index contributed by atoms with van der Waals surface area (Å²) in [7, 11) is 0. The van der Waals surface area contributed by atoms with Gasteiger partial charge in [-0.15, -0.1) is 0 Å².